The van der Waals surface area contributed by atoms with E-state index < -0.39 is 12.0 Å². The van der Waals surface area contributed by atoms with E-state index >= 15 is 0 Å². The maximum absolute atomic E-state index is 11.6. The summed E-state index contributed by atoms with van der Waals surface area (Å²) >= 11 is 0. The molecule has 2 aromatic carbocycles. The Morgan fingerprint density at radius 3 is 2.36 bits per heavy atom. The van der Waals surface area contributed by atoms with Gasteiger partial charge in [-0.2, -0.15) is 5.10 Å². The summed E-state index contributed by atoms with van der Waals surface area (Å²) in [4.78, 5) is 22.9. The summed E-state index contributed by atoms with van der Waals surface area (Å²) in [5.74, 6) is -0.399. The lowest BCUT2D eigenvalue weighted by Crippen LogP contribution is -2.24. The first-order valence-electron chi connectivity index (χ1n) is 6.52. The zero-order valence-corrected chi connectivity index (χ0v) is 11.9. The standard InChI is InChI=1S/C16H15N3O3/c1-22-15(20)13-9-7-12(8-10-13)11-17-19-16(21)18-14-5-3-2-4-6-14/h2-11H,1H3,(H2,18,19,21)/b17-11-. The Bertz CT molecular complexity index is 667. The largest absolute Gasteiger partial charge is 0.465 e. The van der Waals surface area contributed by atoms with Gasteiger partial charge in [-0.25, -0.2) is 15.0 Å². The topological polar surface area (TPSA) is 79.8 Å². The molecular weight excluding hydrogens is 282 g/mol. The molecule has 6 heteroatoms. The van der Waals surface area contributed by atoms with Crippen LogP contribution >= 0.6 is 0 Å². The van der Waals surface area contributed by atoms with Gasteiger partial charge in [0.1, 0.15) is 0 Å². The Morgan fingerprint density at radius 2 is 1.73 bits per heavy atom. The molecule has 112 valence electrons. The third-order valence-corrected chi connectivity index (χ3v) is 2.74. The molecule has 0 bridgehead atoms. The molecule has 2 aromatic rings. The predicted octanol–water partition coefficient (Wildman–Crippen LogP) is 2.63. The summed E-state index contributed by atoms with van der Waals surface area (Å²) < 4.78 is 4.61. The fraction of sp³-hybridized carbons (Fsp3) is 0.0625. The van der Waals surface area contributed by atoms with Crippen molar-refractivity contribution >= 4 is 23.9 Å². The number of benzene rings is 2. The lowest BCUT2D eigenvalue weighted by molar-refractivity contribution is 0.0600. The molecule has 0 spiro atoms. The van der Waals surface area contributed by atoms with Crippen molar-refractivity contribution in [1.82, 2.24) is 5.43 Å². The number of methoxy groups -OCH3 is 1. The van der Waals surface area contributed by atoms with Crippen LogP contribution in [0.15, 0.2) is 59.7 Å². The molecule has 0 aliphatic heterocycles. The minimum Gasteiger partial charge on any atom is -0.465 e. The van der Waals surface area contributed by atoms with Crippen LogP contribution in [0.4, 0.5) is 10.5 Å². The monoisotopic (exact) mass is 297 g/mol. The second kappa shape index (κ2) is 7.58. The van der Waals surface area contributed by atoms with E-state index in [1.807, 2.05) is 18.2 Å². The third kappa shape index (κ3) is 4.45. The van der Waals surface area contributed by atoms with Gasteiger partial charge in [-0.15, -0.1) is 0 Å². The van der Waals surface area contributed by atoms with E-state index in [0.717, 1.165) is 5.56 Å². The van der Waals surface area contributed by atoms with Gasteiger partial charge in [0.2, 0.25) is 0 Å². The average molecular weight is 297 g/mol. The fourth-order valence-corrected chi connectivity index (χ4v) is 1.67. The lowest BCUT2D eigenvalue weighted by Gasteiger charge is -2.03. The first-order valence-corrected chi connectivity index (χ1v) is 6.52. The Kier molecular flexibility index (Phi) is 5.25. The van der Waals surface area contributed by atoms with E-state index in [2.05, 4.69) is 20.6 Å². The zero-order valence-electron chi connectivity index (χ0n) is 11.9. The van der Waals surface area contributed by atoms with Gasteiger partial charge in [0.05, 0.1) is 18.9 Å². The third-order valence-electron chi connectivity index (χ3n) is 2.74. The Hall–Kier alpha value is -3.15. The maximum Gasteiger partial charge on any atom is 0.339 e. The number of esters is 1. The highest BCUT2D eigenvalue weighted by atomic mass is 16.5. The number of nitrogens with zero attached hydrogens (tertiary/aromatic N) is 1. The van der Waals surface area contributed by atoms with Crippen LogP contribution in [-0.4, -0.2) is 25.3 Å². The van der Waals surface area contributed by atoms with Crippen LogP contribution in [0, 0.1) is 0 Å². The fourth-order valence-electron chi connectivity index (χ4n) is 1.67. The molecule has 0 aliphatic rings. The van der Waals surface area contributed by atoms with Crippen LogP contribution < -0.4 is 10.7 Å². The number of carbonyl (C=O) groups is 2. The van der Waals surface area contributed by atoms with E-state index in [-0.39, 0.29) is 0 Å². The molecule has 2 rings (SSSR count). The van der Waals surface area contributed by atoms with Crippen molar-refractivity contribution in [3.63, 3.8) is 0 Å². The highest BCUT2D eigenvalue weighted by Gasteiger charge is 2.03. The normalized spacial score (nSPS) is 10.2. The highest BCUT2D eigenvalue weighted by molar-refractivity contribution is 5.92. The highest BCUT2D eigenvalue weighted by Crippen LogP contribution is 2.05. The van der Waals surface area contributed by atoms with Crippen molar-refractivity contribution in [2.45, 2.75) is 0 Å². The van der Waals surface area contributed by atoms with Crippen molar-refractivity contribution in [2.24, 2.45) is 5.10 Å². The Morgan fingerprint density at radius 1 is 1.05 bits per heavy atom. The summed E-state index contributed by atoms with van der Waals surface area (Å²) in [6.45, 7) is 0. The smallest absolute Gasteiger partial charge is 0.339 e. The molecule has 0 aliphatic carbocycles. The number of anilines is 1. The van der Waals surface area contributed by atoms with Crippen LogP contribution in [0.25, 0.3) is 0 Å². The molecule has 0 aromatic heterocycles. The van der Waals surface area contributed by atoms with Gasteiger partial charge >= 0.3 is 12.0 Å². The molecule has 0 atom stereocenters. The van der Waals surface area contributed by atoms with Crippen molar-refractivity contribution in [2.75, 3.05) is 12.4 Å². The molecule has 0 fully saturated rings. The quantitative estimate of drug-likeness (QED) is 0.517. The van der Waals surface area contributed by atoms with Gasteiger partial charge < -0.3 is 10.1 Å². The minimum absolute atomic E-state index is 0.399. The molecule has 6 nitrogen and oxygen atoms in total. The Balaban J connectivity index is 1.87. The van der Waals surface area contributed by atoms with Crippen molar-refractivity contribution in [3.8, 4) is 0 Å². The summed E-state index contributed by atoms with van der Waals surface area (Å²) in [6.07, 6.45) is 1.48. The molecule has 0 radical (unpaired) electrons. The van der Waals surface area contributed by atoms with Crippen molar-refractivity contribution < 1.29 is 14.3 Å². The number of ether oxygens (including phenoxy) is 1. The lowest BCUT2D eigenvalue weighted by atomic mass is 10.1. The van der Waals surface area contributed by atoms with Gasteiger partial charge in [0.15, 0.2) is 0 Å². The summed E-state index contributed by atoms with van der Waals surface area (Å²) in [5.41, 5.74) is 4.23. The molecular formula is C16H15N3O3. The molecule has 2 amide bonds. The number of hydrogen-bond acceptors (Lipinski definition) is 4. The Labute approximate surface area is 127 Å². The van der Waals surface area contributed by atoms with Gasteiger partial charge in [-0.1, -0.05) is 30.3 Å². The van der Waals surface area contributed by atoms with Crippen LogP contribution in [0.2, 0.25) is 0 Å². The number of hydrazone groups is 1. The number of carbonyl (C=O) groups excluding carboxylic acids is 2. The van der Waals surface area contributed by atoms with Crippen LogP contribution in [0.1, 0.15) is 15.9 Å². The molecule has 0 unspecified atom stereocenters. The number of nitrogens with one attached hydrogen (secondary N) is 2. The van der Waals surface area contributed by atoms with Gasteiger partial charge in [0, 0.05) is 5.69 Å². The SMILES string of the molecule is COC(=O)c1ccc(/C=N\NC(=O)Nc2ccccc2)cc1. The van der Waals surface area contributed by atoms with E-state index in [9.17, 15) is 9.59 Å². The number of rotatable bonds is 4. The summed E-state index contributed by atoms with van der Waals surface area (Å²) in [6, 6.07) is 15.3. The molecule has 0 saturated heterocycles. The van der Waals surface area contributed by atoms with E-state index in [0.29, 0.717) is 11.3 Å². The first-order chi connectivity index (χ1) is 10.7. The molecule has 0 heterocycles. The maximum atomic E-state index is 11.6. The van der Waals surface area contributed by atoms with E-state index in [1.54, 1.807) is 36.4 Å². The van der Waals surface area contributed by atoms with E-state index in [4.69, 9.17) is 0 Å². The number of amides is 2. The molecule has 0 saturated carbocycles. The summed E-state index contributed by atoms with van der Waals surface area (Å²) in [7, 11) is 1.33. The number of urea groups is 1. The zero-order chi connectivity index (χ0) is 15.8. The number of hydrogen-bond donors (Lipinski definition) is 2. The predicted molar refractivity (Wildman–Crippen MR) is 84.0 cm³/mol. The van der Waals surface area contributed by atoms with Crippen LogP contribution in [-0.2, 0) is 4.74 Å². The van der Waals surface area contributed by atoms with Gasteiger partial charge in [-0.3, -0.25) is 0 Å². The second-order valence-electron chi connectivity index (χ2n) is 4.30. The minimum atomic E-state index is -0.436. The molecule has 22 heavy (non-hydrogen) atoms. The van der Waals surface area contributed by atoms with Crippen LogP contribution in [0.3, 0.4) is 0 Å². The van der Waals surface area contributed by atoms with Crippen molar-refractivity contribution in [3.05, 3.63) is 65.7 Å². The first kappa shape index (κ1) is 15.2. The number of para-hydroxylation sites is 1. The van der Waals surface area contributed by atoms with Crippen LogP contribution in [0.5, 0.6) is 0 Å². The van der Waals surface area contributed by atoms with Gasteiger partial charge in [0.25, 0.3) is 0 Å². The average Bonchev–Trinajstić information content (AvgIpc) is 2.55. The van der Waals surface area contributed by atoms with Crippen molar-refractivity contribution in [1.29, 1.82) is 0 Å². The van der Waals surface area contributed by atoms with Gasteiger partial charge in [-0.05, 0) is 29.8 Å². The van der Waals surface area contributed by atoms with E-state index in [1.165, 1.54) is 13.3 Å². The molecule has 2 N–H and O–H groups in total. The summed E-state index contributed by atoms with van der Waals surface area (Å²) in [5, 5.41) is 6.46. The second-order valence-corrected chi connectivity index (χ2v) is 4.30.